The van der Waals surface area contributed by atoms with E-state index in [-0.39, 0.29) is 5.91 Å². The molecule has 0 aliphatic carbocycles. The van der Waals surface area contributed by atoms with Crippen LogP contribution in [0.2, 0.25) is 0 Å². The number of halogens is 1. The predicted octanol–water partition coefficient (Wildman–Crippen LogP) is 2.92. The summed E-state index contributed by atoms with van der Waals surface area (Å²) in [7, 11) is 0. The van der Waals surface area contributed by atoms with E-state index in [0.29, 0.717) is 5.25 Å². The number of hydrogen-bond acceptors (Lipinski definition) is 2. The molecule has 1 saturated heterocycles. The Morgan fingerprint density at radius 3 is 2.81 bits per heavy atom. The Hall–Kier alpha value is -0.230. The average molecular weight is 347 g/mol. The summed E-state index contributed by atoms with van der Waals surface area (Å²) >= 11 is 4.20. The van der Waals surface area contributed by atoms with Gasteiger partial charge in [0.25, 0.3) is 5.91 Å². The smallest absolute Gasteiger partial charge is 0.251 e. The van der Waals surface area contributed by atoms with Crippen LogP contribution < -0.4 is 5.32 Å². The van der Waals surface area contributed by atoms with Gasteiger partial charge in [0.1, 0.15) is 0 Å². The second kappa shape index (κ2) is 5.91. The minimum Gasteiger partial charge on any atom is -0.351 e. The summed E-state index contributed by atoms with van der Waals surface area (Å²) < 4.78 is 1.15. The van der Waals surface area contributed by atoms with Crippen molar-refractivity contribution >= 4 is 40.3 Å². The molecule has 1 N–H and O–H groups in total. The first-order valence-corrected chi connectivity index (χ1v) is 7.54. The molecule has 4 heteroatoms. The molecule has 0 spiro atoms. The normalized spacial score (nSPS) is 19.7. The molecule has 2 rings (SSSR count). The van der Waals surface area contributed by atoms with Gasteiger partial charge in [-0.3, -0.25) is 4.79 Å². The van der Waals surface area contributed by atoms with Crippen LogP contribution in [0.4, 0.5) is 0 Å². The van der Waals surface area contributed by atoms with Crippen molar-refractivity contribution in [2.75, 3.05) is 12.3 Å². The summed E-state index contributed by atoms with van der Waals surface area (Å²) in [6.07, 6.45) is 2.52. The Kier molecular flexibility index (Phi) is 4.52. The Morgan fingerprint density at radius 2 is 2.19 bits per heavy atom. The lowest BCUT2D eigenvalue weighted by Gasteiger charge is -2.10. The minimum atomic E-state index is 0.0453. The summed E-state index contributed by atoms with van der Waals surface area (Å²) in [6.45, 7) is 0.801. The van der Waals surface area contributed by atoms with Crippen molar-refractivity contribution in [3.8, 4) is 0 Å². The predicted molar refractivity (Wildman–Crippen MR) is 77.0 cm³/mol. The van der Waals surface area contributed by atoms with Crippen LogP contribution in [0.3, 0.4) is 0 Å². The Labute approximate surface area is 114 Å². The van der Waals surface area contributed by atoms with Gasteiger partial charge in [-0.05, 0) is 65.5 Å². The highest BCUT2D eigenvalue weighted by atomic mass is 127. The van der Waals surface area contributed by atoms with Crippen molar-refractivity contribution in [2.24, 2.45) is 0 Å². The van der Waals surface area contributed by atoms with Crippen molar-refractivity contribution in [2.45, 2.75) is 18.1 Å². The van der Waals surface area contributed by atoms with Crippen LogP contribution in [0.15, 0.2) is 24.3 Å². The molecular weight excluding hydrogens is 333 g/mol. The lowest BCUT2D eigenvalue weighted by molar-refractivity contribution is 0.0953. The van der Waals surface area contributed by atoms with E-state index in [9.17, 15) is 4.79 Å². The van der Waals surface area contributed by atoms with Gasteiger partial charge >= 0.3 is 0 Å². The van der Waals surface area contributed by atoms with Gasteiger partial charge in [-0.1, -0.05) is 0 Å². The summed E-state index contributed by atoms with van der Waals surface area (Å²) in [5, 5.41) is 3.62. The highest BCUT2D eigenvalue weighted by Crippen LogP contribution is 2.25. The Morgan fingerprint density at radius 1 is 1.44 bits per heavy atom. The maximum Gasteiger partial charge on any atom is 0.251 e. The topological polar surface area (TPSA) is 29.1 Å². The van der Waals surface area contributed by atoms with Crippen molar-refractivity contribution in [1.82, 2.24) is 5.32 Å². The van der Waals surface area contributed by atoms with E-state index in [1.165, 1.54) is 18.6 Å². The van der Waals surface area contributed by atoms with E-state index in [4.69, 9.17) is 0 Å². The lowest BCUT2D eigenvalue weighted by Crippen LogP contribution is -2.29. The quantitative estimate of drug-likeness (QED) is 0.852. The van der Waals surface area contributed by atoms with E-state index < -0.39 is 0 Å². The SMILES string of the molecule is O=C(NCC1CCCS1)c1ccc(I)cc1. The van der Waals surface area contributed by atoms with Crippen molar-refractivity contribution in [3.05, 3.63) is 33.4 Å². The number of rotatable bonds is 3. The van der Waals surface area contributed by atoms with Crippen LogP contribution >= 0.6 is 34.4 Å². The van der Waals surface area contributed by atoms with Crippen LogP contribution in [-0.2, 0) is 0 Å². The third kappa shape index (κ3) is 3.38. The van der Waals surface area contributed by atoms with Gasteiger partial charge in [0.05, 0.1) is 0 Å². The van der Waals surface area contributed by atoms with Crippen molar-refractivity contribution < 1.29 is 4.79 Å². The number of thioether (sulfide) groups is 1. The van der Waals surface area contributed by atoms with E-state index >= 15 is 0 Å². The molecule has 1 unspecified atom stereocenters. The number of amides is 1. The van der Waals surface area contributed by atoms with E-state index in [1.54, 1.807) is 0 Å². The minimum absolute atomic E-state index is 0.0453. The number of nitrogens with one attached hydrogen (secondary N) is 1. The second-order valence-corrected chi connectivity index (χ2v) is 6.51. The van der Waals surface area contributed by atoms with Crippen LogP contribution in [0.25, 0.3) is 0 Å². The van der Waals surface area contributed by atoms with Gasteiger partial charge in [0.2, 0.25) is 0 Å². The highest BCUT2D eigenvalue weighted by molar-refractivity contribution is 14.1. The Balaban J connectivity index is 1.85. The number of benzene rings is 1. The van der Waals surface area contributed by atoms with Crippen molar-refractivity contribution in [3.63, 3.8) is 0 Å². The standard InChI is InChI=1S/C12H14INOS/c13-10-5-3-9(4-6-10)12(15)14-8-11-2-1-7-16-11/h3-6,11H,1-2,7-8H2,(H,14,15). The summed E-state index contributed by atoms with van der Waals surface area (Å²) in [5.41, 5.74) is 0.753. The number of hydrogen-bond donors (Lipinski definition) is 1. The molecule has 86 valence electrons. The van der Waals surface area contributed by atoms with Gasteiger partial charge in [0.15, 0.2) is 0 Å². The van der Waals surface area contributed by atoms with Gasteiger partial charge in [-0.15, -0.1) is 0 Å². The zero-order chi connectivity index (χ0) is 11.4. The summed E-state index contributed by atoms with van der Waals surface area (Å²) in [5.74, 6) is 1.29. The fourth-order valence-corrected chi connectivity index (χ4v) is 3.28. The molecule has 2 nitrogen and oxygen atoms in total. The summed E-state index contributed by atoms with van der Waals surface area (Å²) in [4.78, 5) is 11.8. The molecule has 0 radical (unpaired) electrons. The second-order valence-electron chi connectivity index (χ2n) is 3.85. The molecule has 16 heavy (non-hydrogen) atoms. The molecular formula is C12H14INOS. The molecule has 1 heterocycles. The third-order valence-corrected chi connectivity index (χ3v) is 4.74. The van der Waals surface area contributed by atoms with Crippen LogP contribution in [0, 0.1) is 3.57 Å². The van der Waals surface area contributed by atoms with E-state index in [2.05, 4.69) is 27.9 Å². The maximum absolute atomic E-state index is 11.8. The van der Waals surface area contributed by atoms with Crippen molar-refractivity contribution in [1.29, 1.82) is 0 Å². The molecule has 1 fully saturated rings. The number of carbonyl (C=O) groups excluding carboxylic acids is 1. The van der Waals surface area contributed by atoms with Gasteiger partial charge in [-0.25, -0.2) is 0 Å². The zero-order valence-corrected chi connectivity index (χ0v) is 11.9. The van der Waals surface area contributed by atoms with E-state index in [0.717, 1.165) is 15.7 Å². The molecule has 1 aromatic carbocycles. The molecule has 1 aromatic rings. The molecule has 1 atom stereocenters. The van der Waals surface area contributed by atoms with Crippen LogP contribution in [-0.4, -0.2) is 23.5 Å². The highest BCUT2D eigenvalue weighted by Gasteiger charge is 2.16. The van der Waals surface area contributed by atoms with Crippen LogP contribution in [0.1, 0.15) is 23.2 Å². The van der Waals surface area contributed by atoms with Crippen LogP contribution in [0.5, 0.6) is 0 Å². The average Bonchev–Trinajstić information content (AvgIpc) is 2.80. The summed E-state index contributed by atoms with van der Waals surface area (Å²) in [6, 6.07) is 7.66. The van der Waals surface area contributed by atoms with Gasteiger partial charge in [0, 0.05) is 20.9 Å². The lowest BCUT2D eigenvalue weighted by atomic mass is 10.2. The molecule has 0 saturated carbocycles. The largest absolute Gasteiger partial charge is 0.351 e. The fraction of sp³-hybridized carbons (Fsp3) is 0.417. The molecule has 1 aliphatic rings. The molecule has 1 aliphatic heterocycles. The first-order chi connectivity index (χ1) is 7.75. The molecule has 0 aromatic heterocycles. The first kappa shape index (κ1) is 12.2. The van der Waals surface area contributed by atoms with Gasteiger partial charge < -0.3 is 5.32 Å². The monoisotopic (exact) mass is 347 g/mol. The van der Waals surface area contributed by atoms with E-state index in [1.807, 2.05) is 36.0 Å². The fourth-order valence-electron chi connectivity index (χ4n) is 1.72. The Bertz CT molecular complexity index is 360. The third-order valence-electron chi connectivity index (χ3n) is 2.62. The number of carbonyl (C=O) groups is 1. The zero-order valence-electron chi connectivity index (χ0n) is 8.91. The molecule has 1 amide bonds. The molecule has 0 bridgehead atoms. The van der Waals surface area contributed by atoms with Gasteiger partial charge in [-0.2, -0.15) is 11.8 Å². The first-order valence-electron chi connectivity index (χ1n) is 5.41. The maximum atomic E-state index is 11.8.